The van der Waals surface area contributed by atoms with Gasteiger partial charge in [0, 0.05) is 13.2 Å². The molecule has 6 nitrogen and oxygen atoms in total. The van der Waals surface area contributed by atoms with Gasteiger partial charge in [0.25, 0.3) is 0 Å². The number of ether oxygens (including phenoxy) is 2. The largest absolute Gasteiger partial charge is 0.469 e. The van der Waals surface area contributed by atoms with Gasteiger partial charge in [-0.05, 0) is 32.9 Å². The van der Waals surface area contributed by atoms with Crippen molar-refractivity contribution in [2.24, 2.45) is 5.41 Å². The second-order valence-corrected chi connectivity index (χ2v) is 5.12. The van der Waals surface area contributed by atoms with Crippen LogP contribution in [-0.2, 0) is 19.1 Å². The molecule has 0 saturated carbocycles. The highest BCUT2D eigenvalue weighted by Gasteiger charge is 2.40. The van der Waals surface area contributed by atoms with Gasteiger partial charge in [-0.3, -0.25) is 9.59 Å². The van der Waals surface area contributed by atoms with E-state index in [1.807, 2.05) is 0 Å². The summed E-state index contributed by atoms with van der Waals surface area (Å²) in [6, 6.07) is -0.233. The lowest BCUT2D eigenvalue weighted by molar-refractivity contribution is -0.142. The monoisotopic (exact) mass is 272 g/mol. The van der Waals surface area contributed by atoms with Crippen LogP contribution in [0.15, 0.2) is 0 Å². The summed E-state index contributed by atoms with van der Waals surface area (Å²) in [4.78, 5) is 23.6. The van der Waals surface area contributed by atoms with E-state index in [2.05, 4.69) is 15.4 Å². The van der Waals surface area contributed by atoms with Crippen LogP contribution in [0.4, 0.5) is 0 Å². The van der Waals surface area contributed by atoms with Crippen LogP contribution in [0.1, 0.15) is 26.2 Å². The zero-order valence-electron chi connectivity index (χ0n) is 12.0. The standard InChI is InChI=1S/C13H24N2O4/c1-10(8-11(16)19-3)15-12(17)13(9-18-2)4-6-14-7-5-13/h10,14H,4-9H2,1-3H3,(H,15,17). The van der Waals surface area contributed by atoms with Crippen LogP contribution < -0.4 is 10.6 Å². The lowest BCUT2D eigenvalue weighted by Crippen LogP contribution is -2.52. The first-order chi connectivity index (χ1) is 9.04. The molecule has 1 aliphatic rings. The van der Waals surface area contributed by atoms with E-state index in [9.17, 15) is 9.59 Å². The Morgan fingerprint density at radius 3 is 2.47 bits per heavy atom. The van der Waals surface area contributed by atoms with E-state index in [1.54, 1.807) is 14.0 Å². The van der Waals surface area contributed by atoms with Crippen LogP contribution in [0.25, 0.3) is 0 Å². The molecule has 0 aromatic heterocycles. The van der Waals surface area contributed by atoms with Gasteiger partial charge < -0.3 is 20.1 Å². The summed E-state index contributed by atoms with van der Waals surface area (Å²) in [6.45, 7) is 3.83. The molecule has 1 aliphatic heterocycles. The van der Waals surface area contributed by atoms with Crippen LogP contribution in [0.5, 0.6) is 0 Å². The van der Waals surface area contributed by atoms with Gasteiger partial charge in [-0.2, -0.15) is 0 Å². The van der Waals surface area contributed by atoms with Crippen molar-refractivity contribution in [2.75, 3.05) is 33.9 Å². The van der Waals surface area contributed by atoms with E-state index in [-0.39, 0.29) is 24.3 Å². The van der Waals surface area contributed by atoms with E-state index in [0.717, 1.165) is 25.9 Å². The molecule has 0 aromatic carbocycles. The minimum Gasteiger partial charge on any atom is -0.469 e. The molecule has 0 radical (unpaired) electrons. The average Bonchev–Trinajstić information content (AvgIpc) is 2.39. The summed E-state index contributed by atoms with van der Waals surface area (Å²) in [5, 5.41) is 6.13. The minimum absolute atomic E-state index is 0.0350. The van der Waals surface area contributed by atoms with Crippen molar-refractivity contribution in [3.63, 3.8) is 0 Å². The van der Waals surface area contributed by atoms with E-state index in [4.69, 9.17) is 4.74 Å². The van der Waals surface area contributed by atoms with Crippen LogP contribution in [-0.4, -0.2) is 51.8 Å². The van der Waals surface area contributed by atoms with Crippen molar-refractivity contribution in [2.45, 2.75) is 32.2 Å². The first-order valence-corrected chi connectivity index (χ1v) is 6.61. The zero-order valence-corrected chi connectivity index (χ0v) is 12.0. The molecule has 1 rings (SSSR count). The fourth-order valence-corrected chi connectivity index (χ4v) is 2.38. The lowest BCUT2D eigenvalue weighted by atomic mass is 9.78. The summed E-state index contributed by atoms with van der Waals surface area (Å²) < 4.78 is 9.81. The second kappa shape index (κ2) is 7.45. The predicted octanol–water partition coefficient (Wildman–Crippen LogP) is 0.0704. The smallest absolute Gasteiger partial charge is 0.307 e. The van der Waals surface area contributed by atoms with Crippen LogP contribution in [0.3, 0.4) is 0 Å². The Balaban J connectivity index is 2.59. The van der Waals surface area contributed by atoms with Gasteiger partial charge in [0.15, 0.2) is 0 Å². The van der Waals surface area contributed by atoms with Crippen molar-refractivity contribution in [1.82, 2.24) is 10.6 Å². The van der Waals surface area contributed by atoms with Crippen molar-refractivity contribution in [1.29, 1.82) is 0 Å². The molecule has 1 atom stereocenters. The second-order valence-electron chi connectivity index (χ2n) is 5.12. The summed E-state index contributed by atoms with van der Waals surface area (Å²) in [7, 11) is 2.95. The van der Waals surface area contributed by atoms with Gasteiger partial charge >= 0.3 is 5.97 Å². The molecule has 0 aromatic rings. The maximum atomic E-state index is 12.4. The summed E-state index contributed by atoms with van der Waals surface area (Å²) in [6.07, 6.45) is 1.68. The van der Waals surface area contributed by atoms with Crippen molar-refractivity contribution in [3.05, 3.63) is 0 Å². The first-order valence-electron chi connectivity index (χ1n) is 6.61. The third-order valence-electron chi connectivity index (χ3n) is 3.54. The third kappa shape index (κ3) is 4.47. The number of hydrogen-bond acceptors (Lipinski definition) is 5. The van der Waals surface area contributed by atoms with Crippen LogP contribution >= 0.6 is 0 Å². The molecule has 1 amide bonds. The number of nitrogens with one attached hydrogen (secondary N) is 2. The lowest BCUT2D eigenvalue weighted by Gasteiger charge is -2.36. The van der Waals surface area contributed by atoms with Gasteiger partial charge in [-0.15, -0.1) is 0 Å². The number of piperidine rings is 1. The van der Waals surface area contributed by atoms with Gasteiger partial charge in [0.1, 0.15) is 0 Å². The minimum atomic E-state index is -0.482. The molecule has 6 heteroatoms. The Kier molecular flexibility index (Phi) is 6.24. The number of carbonyl (C=O) groups excluding carboxylic acids is 2. The first kappa shape index (κ1) is 15.9. The Hall–Kier alpha value is -1.14. The fraction of sp³-hybridized carbons (Fsp3) is 0.846. The van der Waals surface area contributed by atoms with E-state index < -0.39 is 5.41 Å². The molecule has 1 heterocycles. The Bertz CT molecular complexity index is 308. The molecule has 1 saturated heterocycles. The number of esters is 1. The molecular weight excluding hydrogens is 248 g/mol. The highest BCUT2D eigenvalue weighted by atomic mass is 16.5. The summed E-state index contributed by atoms with van der Waals surface area (Å²) in [5.41, 5.74) is -0.482. The van der Waals surface area contributed by atoms with Gasteiger partial charge in [-0.1, -0.05) is 0 Å². The molecule has 19 heavy (non-hydrogen) atoms. The molecule has 0 bridgehead atoms. The zero-order chi connectivity index (χ0) is 14.3. The Labute approximate surface area is 114 Å². The number of amides is 1. The van der Waals surface area contributed by atoms with Gasteiger partial charge in [-0.25, -0.2) is 0 Å². The molecule has 0 aliphatic carbocycles. The molecule has 110 valence electrons. The Morgan fingerprint density at radius 2 is 1.95 bits per heavy atom. The normalized spacial score (nSPS) is 19.5. The third-order valence-corrected chi connectivity index (χ3v) is 3.54. The van der Waals surface area contributed by atoms with Crippen LogP contribution in [0, 0.1) is 5.41 Å². The number of rotatable bonds is 6. The van der Waals surface area contributed by atoms with Crippen molar-refractivity contribution < 1.29 is 19.1 Å². The van der Waals surface area contributed by atoms with Crippen LogP contribution in [0.2, 0.25) is 0 Å². The van der Waals surface area contributed by atoms with Crippen molar-refractivity contribution in [3.8, 4) is 0 Å². The predicted molar refractivity (Wildman–Crippen MR) is 70.7 cm³/mol. The summed E-state index contributed by atoms with van der Waals surface area (Å²) in [5.74, 6) is -0.355. The Morgan fingerprint density at radius 1 is 1.32 bits per heavy atom. The average molecular weight is 272 g/mol. The number of methoxy groups -OCH3 is 2. The molecule has 1 unspecified atom stereocenters. The maximum Gasteiger partial charge on any atom is 0.307 e. The van der Waals surface area contributed by atoms with E-state index in [0.29, 0.717) is 6.61 Å². The highest BCUT2D eigenvalue weighted by molar-refractivity contribution is 5.83. The quantitative estimate of drug-likeness (QED) is 0.669. The molecular formula is C13H24N2O4. The molecule has 2 N–H and O–H groups in total. The summed E-state index contributed by atoms with van der Waals surface area (Å²) >= 11 is 0. The highest BCUT2D eigenvalue weighted by Crippen LogP contribution is 2.29. The van der Waals surface area contributed by atoms with Gasteiger partial charge in [0.05, 0.1) is 25.6 Å². The molecule has 1 fully saturated rings. The van der Waals surface area contributed by atoms with Gasteiger partial charge in [0.2, 0.25) is 5.91 Å². The fourth-order valence-electron chi connectivity index (χ4n) is 2.38. The van der Waals surface area contributed by atoms with E-state index in [1.165, 1.54) is 7.11 Å². The van der Waals surface area contributed by atoms with Crippen molar-refractivity contribution >= 4 is 11.9 Å². The maximum absolute atomic E-state index is 12.4. The number of hydrogen-bond donors (Lipinski definition) is 2. The number of carbonyl (C=O) groups is 2. The van der Waals surface area contributed by atoms with E-state index >= 15 is 0 Å². The SMILES string of the molecule is COCC1(C(=O)NC(C)CC(=O)OC)CCNCC1. The topological polar surface area (TPSA) is 76.7 Å². The molecule has 0 spiro atoms.